The number of nitrogens with zero attached hydrogens (tertiary/aromatic N) is 1. The lowest BCUT2D eigenvalue weighted by Crippen LogP contribution is -2.42. The van der Waals surface area contributed by atoms with Crippen LogP contribution in [0.2, 0.25) is 0 Å². The average Bonchev–Trinajstić information content (AvgIpc) is 2.39. The lowest BCUT2D eigenvalue weighted by atomic mass is 10.2. The second kappa shape index (κ2) is 5.84. The Morgan fingerprint density at radius 3 is 2.40 bits per heavy atom. The molecular weight excluding hydrogens is 310 g/mol. The van der Waals surface area contributed by atoms with Gasteiger partial charge < -0.3 is 5.73 Å². The molecule has 5 nitrogen and oxygen atoms in total. The predicted octanol–water partition coefficient (Wildman–Crippen LogP) is 0.176. The molecule has 0 radical (unpaired) electrons. The van der Waals surface area contributed by atoms with Gasteiger partial charge in [-0.25, -0.2) is 17.2 Å². The number of nitrogens with two attached hydrogens (primary N) is 1. The second-order valence-corrected chi connectivity index (χ2v) is 7.90. The van der Waals surface area contributed by atoms with Crippen molar-refractivity contribution in [2.75, 3.05) is 24.6 Å². The Kier molecular flexibility index (Phi) is 4.52. The molecule has 0 aromatic heterocycles. The van der Waals surface area contributed by atoms with Crippen molar-refractivity contribution >= 4 is 20.8 Å². The van der Waals surface area contributed by atoms with E-state index in [-0.39, 0.29) is 24.6 Å². The van der Waals surface area contributed by atoms with Gasteiger partial charge in [-0.1, -0.05) is 0 Å². The Morgan fingerprint density at radius 2 is 1.85 bits per heavy atom. The Hall–Kier alpha value is -0.900. The molecule has 112 valence electrons. The fraction of sp³-hybridized carbons (Fsp3) is 0.455. The molecule has 1 aliphatic heterocycles. The summed E-state index contributed by atoms with van der Waals surface area (Å²) in [5.74, 6) is -1.60. The first-order chi connectivity index (χ1) is 9.37. The van der Waals surface area contributed by atoms with E-state index in [4.69, 9.17) is 5.73 Å². The van der Waals surface area contributed by atoms with Gasteiger partial charge in [0.1, 0.15) is 10.7 Å². The van der Waals surface area contributed by atoms with Crippen molar-refractivity contribution in [3.8, 4) is 0 Å². The van der Waals surface area contributed by atoms with Crippen molar-refractivity contribution in [2.24, 2.45) is 5.73 Å². The van der Waals surface area contributed by atoms with Crippen LogP contribution in [-0.2, 0) is 27.4 Å². The van der Waals surface area contributed by atoms with Crippen LogP contribution in [0.25, 0.3) is 0 Å². The summed E-state index contributed by atoms with van der Waals surface area (Å²) in [5, 5.41) is 0. The number of halogens is 2. The van der Waals surface area contributed by atoms with Gasteiger partial charge in [-0.2, -0.15) is 4.31 Å². The van der Waals surface area contributed by atoms with Gasteiger partial charge in [-0.15, -0.1) is 0 Å². The van der Waals surface area contributed by atoms with Crippen molar-refractivity contribution in [3.05, 3.63) is 29.3 Å². The number of benzene rings is 1. The smallest absolute Gasteiger partial charge is 0.246 e. The van der Waals surface area contributed by atoms with Crippen LogP contribution >= 0.6 is 0 Å². The molecule has 0 atom stereocenters. The molecule has 1 saturated heterocycles. The molecule has 0 unspecified atom stereocenters. The summed E-state index contributed by atoms with van der Waals surface area (Å²) in [6.07, 6.45) is 0. The van der Waals surface area contributed by atoms with Crippen molar-refractivity contribution in [2.45, 2.75) is 11.4 Å². The van der Waals surface area contributed by atoms with Crippen LogP contribution < -0.4 is 5.73 Å². The van der Waals surface area contributed by atoms with Crippen LogP contribution in [0.1, 0.15) is 5.56 Å². The van der Waals surface area contributed by atoms with Gasteiger partial charge in [-0.05, 0) is 12.1 Å². The number of rotatable bonds is 3. The molecule has 1 aromatic carbocycles. The van der Waals surface area contributed by atoms with Gasteiger partial charge in [0, 0.05) is 47.5 Å². The molecule has 2 rings (SSSR count). The highest BCUT2D eigenvalue weighted by atomic mass is 32.2. The first-order valence-corrected chi connectivity index (χ1v) is 8.83. The summed E-state index contributed by atoms with van der Waals surface area (Å²) in [5.41, 5.74) is 4.78. The molecule has 1 fully saturated rings. The van der Waals surface area contributed by atoms with Crippen LogP contribution in [-0.4, -0.2) is 41.5 Å². The minimum atomic E-state index is -4.06. The number of hydrogen-bond donors (Lipinski definition) is 1. The molecule has 0 spiro atoms. The summed E-state index contributed by atoms with van der Waals surface area (Å²) in [6, 6.07) is 1.78. The fourth-order valence-electron chi connectivity index (χ4n) is 1.96. The molecule has 0 amide bonds. The molecule has 0 aliphatic carbocycles. The zero-order valence-electron chi connectivity index (χ0n) is 10.5. The Balaban J connectivity index is 2.42. The molecule has 9 heteroatoms. The third-order valence-electron chi connectivity index (χ3n) is 3.11. The van der Waals surface area contributed by atoms with E-state index in [0.717, 1.165) is 16.4 Å². The van der Waals surface area contributed by atoms with E-state index in [1.54, 1.807) is 0 Å². The zero-order chi connectivity index (χ0) is 14.9. The van der Waals surface area contributed by atoms with Gasteiger partial charge in [0.2, 0.25) is 10.0 Å². The topological polar surface area (TPSA) is 80.5 Å². The van der Waals surface area contributed by atoms with E-state index in [1.807, 2.05) is 0 Å². The summed E-state index contributed by atoms with van der Waals surface area (Å²) < 4.78 is 64.3. The molecule has 2 N–H and O–H groups in total. The van der Waals surface area contributed by atoms with Crippen LogP contribution in [0.3, 0.4) is 0 Å². The lowest BCUT2D eigenvalue weighted by Gasteiger charge is -2.26. The summed E-state index contributed by atoms with van der Waals surface area (Å²) >= 11 is 0. The molecule has 1 aromatic rings. The minimum absolute atomic E-state index is 0.0592. The highest BCUT2D eigenvalue weighted by Gasteiger charge is 2.31. The third kappa shape index (κ3) is 2.76. The van der Waals surface area contributed by atoms with Gasteiger partial charge in [0.05, 0.1) is 0 Å². The molecule has 20 heavy (non-hydrogen) atoms. The maximum Gasteiger partial charge on any atom is 0.246 e. The Bertz CT molecular complexity index is 639. The lowest BCUT2D eigenvalue weighted by molar-refractivity contribution is 0.432. The average molecular weight is 324 g/mol. The first-order valence-electron chi connectivity index (χ1n) is 5.90. The summed E-state index contributed by atoms with van der Waals surface area (Å²) in [6.45, 7) is -0.307. The molecular formula is C11H14F2N2O3S2. The van der Waals surface area contributed by atoms with Crippen molar-refractivity contribution in [3.63, 3.8) is 0 Å². The number of sulfonamides is 1. The van der Waals surface area contributed by atoms with Crippen LogP contribution in [0.4, 0.5) is 8.78 Å². The van der Waals surface area contributed by atoms with Crippen LogP contribution in [0.15, 0.2) is 17.0 Å². The molecule has 0 saturated carbocycles. The molecule has 1 aliphatic rings. The number of hydrogen-bond acceptors (Lipinski definition) is 4. The van der Waals surface area contributed by atoms with Gasteiger partial charge >= 0.3 is 0 Å². The van der Waals surface area contributed by atoms with Crippen molar-refractivity contribution in [1.82, 2.24) is 4.31 Å². The largest absolute Gasteiger partial charge is 0.326 e. The van der Waals surface area contributed by atoms with E-state index in [1.165, 1.54) is 0 Å². The van der Waals surface area contributed by atoms with Gasteiger partial charge in [-0.3, -0.25) is 4.21 Å². The standard InChI is InChI=1S/C11H14F2N2O3S2/c12-9-1-2-10(11(13)8(9)7-14)20(17,18)15-3-5-19(16)6-4-15/h1-2H,3-7,14H2. The van der Waals surface area contributed by atoms with Crippen molar-refractivity contribution < 1.29 is 21.4 Å². The maximum atomic E-state index is 14.1. The van der Waals surface area contributed by atoms with Crippen LogP contribution in [0.5, 0.6) is 0 Å². The van der Waals surface area contributed by atoms with E-state index in [0.29, 0.717) is 0 Å². The monoisotopic (exact) mass is 324 g/mol. The summed E-state index contributed by atoms with van der Waals surface area (Å²) in [4.78, 5) is -0.591. The Labute approximate surface area is 118 Å². The maximum absolute atomic E-state index is 14.1. The SMILES string of the molecule is NCc1c(F)ccc(S(=O)(=O)N2CCS(=O)CC2)c1F. The van der Waals surface area contributed by atoms with E-state index < -0.39 is 49.5 Å². The minimum Gasteiger partial charge on any atom is -0.326 e. The zero-order valence-corrected chi connectivity index (χ0v) is 12.1. The normalized spacial score (nSPS) is 18.4. The predicted molar refractivity (Wildman–Crippen MR) is 70.9 cm³/mol. The van der Waals surface area contributed by atoms with Crippen molar-refractivity contribution in [1.29, 1.82) is 0 Å². The van der Waals surface area contributed by atoms with Crippen LogP contribution in [0, 0.1) is 11.6 Å². The molecule has 0 bridgehead atoms. The highest BCUT2D eigenvalue weighted by Crippen LogP contribution is 2.24. The Morgan fingerprint density at radius 1 is 1.25 bits per heavy atom. The van der Waals surface area contributed by atoms with E-state index >= 15 is 0 Å². The van der Waals surface area contributed by atoms with Gasteiger partial charge in [0.15, 0.2) is 5.82 Å². The van der Waals surface area contributed by atoms with E-state index in [9.17, 15) is 21.4 Å². The van der Waals surface area contributed by atoms with E-state index in [2.05, 4.69) is 0 Å². The van der Waals surface area contributed by atoms with Gasteiger partial charge in [0.25, 0.3) is 0 Å². The second-order valence-electron chi connectivity index (χ2n) is 4.29. The summed E-state index contributed by atoms with van der Waals surface area (Å²) in [7, 11) is -5.11. The quantitative estimate of drug-likeness (QED) is 0.860. The third-order valence-corrected chi connectivity index (χ3v) is 6.30. The highest BCUT2D eigenvalue weighted by molar-refractivity contribution is 7.89. The molecule has 1 heterocycles. The first kappa shape index (κ1) is 15.5. The fourth-order valence-corrected chi connectivity index (χ4v) is 4.78.